The highest BCUT2D eigenvalue weighted by atomic mass is 79.9. The standard InChI is InChI=1S/C12H14BrNO2/c1-14(8-4-7-13)12(16)11-6-3-2-5-10(11)9-15/h2-3,5-6,9H,4,7-8H2,1H3. The number of hydrogen-bond donors (Lipinski definition) is 0. The largest absolute Gasteiger partial charge is 0.342 e. The maximum atomic E-state index is 12.0. The average Bonchev–Trinajstić information content (AvgIpc) is 2.34. The highest BCUT2D eigenvalue weighted by Gasteiger charge is 2.14. The molecule has 0 aliphatic heterocycles. The zero-order valence-electron chi connectivity index (χ0n) is 9.15. The lowest BCUT2D eigenvalue weighted by Crippen LogP contribution is -2.28. The van der Waals surface area contributed by atoms with E-state index in [9.17, 15) is 9.59 Å². The normalized spacial score (nSPS) is 9.88. The smallest absolute Gasteiger partial charge is 0.254 e. The van der Waals surface area contributed by atoms with Crippen molar-refractivity contribution in [3.8, 4) is 0 Å². The summed E-state index contributed by atoms with van der Waals surface area (Å²) in [5, 5.41) is 0.861. The highest BCUT2D eigenvalue weighted by Crippen LogP contribution is 2.09. The summed E-state index contributed by atoms with van der Waals surface area (Å²) in [7, 11) is 1.74. The van der Waals surface area contributed by atoms with Gasteiger partial charge in [0.15, 0.2) is 6.29 Å². The number of carbonyl (C=O) groups excluding carboxylic acids is 2. The predicted molar refractivity (Wildman–Crippen MR) is 67.2 cm³/mol. The van der Waals surface area contributed by atoms with Crippen molar-refractivity contribution in [2.75, 3.05) is 18.9 Å². The molecule has 0 fully saturated rings. The molecule has 0 heterocycles. The molecule has 86 valence electrons. The molecule has 1 aromatic rings. The second-order valence-electron chi connectivity index (χ2n) is 3.47. The number of benzene rings is 1. The van der Waals surface area contributed by atoms with Gasteiger partial charge in [-0.05, 0) is 12.5 Å². The number of alkyl halides is 1. The van der Waals surface area contributed by atoms with Crippen LogP contribution in [0.3, 0.4) is 0 Å². The number of halogens is 1. The molecule has 0 atom stereocenters. The summed E-state index contributed by atoms with van der Waals surface area (Å²) in [5.41, 5.74) is 0.910. The first-order valence-electron chi connectivity index (χ1n) is 5.06. The van der Waals surface area contributed by atoms with Gasteiger partial charge in [-0.25, -0.2) is 0 Å². The summed E-state index contributed by atoms with van der Waals surface area (Å²) in [4.78, 5) is 24.4. The zero-order valence-corrected chi connectivity index (χ0v) is 10.7. The Morgan fingerprint density at radius 2 is 2.12 bits per heavy atom. The number of hydrogen-bond acceptors (Lipinski definition) is 2. The van der Waals surface area contributed by atoms with E-state index in [0.717, 1.165) is 11.8 Å². The van der Waals surface area contributed by atoms with Gasteiger partial charge in [0.25, 0.3) is 5.91 Å². The molecule has 3 nitrogen and oxygen atoms in total. The van der Waals surface area contributed by atoms with E-state index in [0.29, 0.717) is 24.0 Å². The predicted octanol–water partition coefficient (Wildman–Crippen LogP) is 2.36. The minimum Gasteiger partial charge on any atom is -0.342 e. The van der Waals surface area contributed by atoms with Gasteiger partial charge < -0.3 is 4.90 Å². The Balaban J connectivity index is 2.83. The summed E-state index contributed by atoms with van der Waals surface area (Å²) in [6, 6.07) is 6.84. The van der Waals surface area contributed by atoms with Crippen molar-refractivity contribution in [1.29, 1.82) is 0 Å². The molecule has 0 N–H and O–H groups in total. The van der Waals surface area contributed by atoms with Gasteiger partial charge in [-0.2, -0.15) is 0 Å². The third-order valence-corrected chi connectivity index (χ3v) is 2.85. The molecule has 0 aliphatic rings. The van der Waals surface area contributed by atoms with E-state index in [1.54, 1.807) is 36.2 Å². The molecule has 0 aromatic heterocycles. The Bertz CT molecular complexity index is 379. The van der Waals surface area contributed by atoms with Crippen molar-refractivity contribution in [3.05, 3.63) is 35.4 Å². The molecule has 1 amide bonds. The molecule has 0 bridgehead atoms. The van der Waals surface area contributed by atoms with Crippen molar-refractivity contribution in [3.63, 3.8) is 0 Å². The minimum atomic E-state index is -0.108. The summed E-state index contributed by atoms with van der Waals surface area (Å²) in [5.74, 6) is -0.108. The summed E-state index contributed by atoms with van der Waals surface area (Å²) in [6.07, 6.45) is 1.61. The van der Waals surface area contributed by atoms with E-state index < -0.39 is 0 Å². The Morgan fingerprint density at radius 1 is 1.44 bits per heavy atom. The van der Waals surface area contributed by atoms with Crippen LogP contribution >= 0.6 is 15.9 Å². The fraction of sp³-hybridized carbons (Fsp3) is 0.333. The molecule has 0 saturated carbocycles. The van der Waals surface area contributed by atoms with Crippen LogP contribution in [0, 0.1) is 0 Å². The highest BCUT2D eigenvalue weighted by molar-refractivity contribution is 9.09. The van der Waals surface area contributed by atoms with Crippen LogP contribution in [-0.4, -0.2) is 36.0 Å². The molecular weight excluding hydrogens is 270 g/mol. The van der Waals surface area contributed by atoms with E-state index >= 15 is 0 Å². The van der Waals surface area contributed by atoms with Gasteiger partial charge in [-0.3, -0.25) is 9.59 Å². The van der Waals surface area contributed by atoms with E-state index in [-0.39, 0.29) is 5.91 Å². The lowest BCUT2D eigenvalue weighted by Gasteiger charge is -2.17. The molecule has 0 aliphatic carbocycles. The lowest BCUT2D eigenvalue weighted by molar-refractivity contribution is 0.0792. The third-order valence-electron chi connectivity index (χ3n) is 2.29. The minimum absolute atomic E-state index is 0.108. The van der Waals surface area contributed by atoms with Gasteiger partial charge in [0.2, 0.25) is 0 Å². The second-order valence-corrected chi connectivity index (χ2v) is 4.27. The van der Waals surface area contributed by atoms with E-state index in [1.165, 1.54) is 0 Å². The maximum absolute atomic E-state index is 12.0. The summed E-state index contributed by atoms with van der Waals surface area (Å²) < 4.78 is 0. The average molecular weight is 284 g/mol. The van der Waals surface area contributed by atoms with Crippen molar-refractivity contribution in [2.24, 2.45) is 0 Å². The van der Waals surface area contributed by atoms with Crippen LogP contribution in [0.4, 0.5) is 0 Å². The zero-order chi connectivity index (χ0) is 12.0. The molecule has 1 aromatic carbocycles. The number of aldehydes is 1. The van der Waals surface area contributed by atoms with Crippen LogP contribution in [-0.2, 0) is 0 Å². The van der Waals surface area contributed by atoms with Crippen molar-refractivity contribution < 1.29 is 9.59 Å². The first-order chi connectivity index (χ1) is 7.70. The molecule has 4 heteroatoms. The van der Waals surface area contributed by atoms with Crippen LogP contribution < -0.4 is 0 Å². The number of carbonyl (C=O) groups is 2. The Morgan fingerprint density at radius 3 is 2.75 bits per heavy atom. The summed E-state index contributed by atoms with van der Waals surface area (Å²) >= 11 is 3.32. The number of rotatable bonds is 5. The van der Waals surface area contributed by atoms with Gasteiger partial charge in [-0.1, -0.05) is 34.1 Å². The molecule has 0 saturated heterocycles. The first kappa shape index (κ1) is 12.9. The third kappa shape index (κ3) is 3.17. The molecule has 1 rings (SSSR count). The second kappa shape index (κ2) is 6.43. The maximum Gasteiger partial charge on any atom is 0.254 e. The monoisotopic (exact) mass is 283 g/mol. The molecular formula is C12H14BrNO2. The molecule has 0 radical (unpaired) electrons. The number of amides is 1. The van der Waals surface area contributed by atoms with Gasteiger partial charge >= 0.3 is 0 Å². The van der Waals surface area contributed by atoms with E-state index in [2.05, 4.69) is 15.9 Å². The fourth-order valence-electron chi connectivity index (χ4n) is 1.40. The van der Waals surface area contributed by atoms with Crippen LogP contribution in [0.5, 0.6) is 0 Å². The van der Waals surface area contributed by atoms with Crippen LogP contribution in [0.2, 0.25) is 0 Å². The van der Waals surface area contributed by atoms with Gasteiger partial charge in [0.1, 0.15) is 0 Å². The van der Waals surface area contributed by atoms with Crippen molar-refractivity contribution >= 4 is 28.1 Å². The van der Waals surface area contributed by atoms with Gasteiger partial charge in [0.05, 0.1) is 5.56 Å². The Labute approximate surface area is 104 Å². The Hall–Kier alpha value is -1.16. The first-order valence-corrected chi connectivity index (χ1v) is 6.18. The fourth-order valence-corrected chi connectivity index (χ4v) is 1.65. The summed E-state index contributed by atoms with van der Waals surface area (Å²) in [6.45, 7) is 0.678. The van der Waals surface area contributed by atoms with Crippen LogP contribution in [0.25, 0.3) is 0 Å². The topological polar surface area (TPSA) is 37.4 Å². The van der Waals surface area contributed by atoms with Crippen LogP contribution in [0.1, 0.15) is 27.1 Å². The van der Waals surface area contributed by atoms with Crippen molar-refractivity contribution in [1.82, 2.24) is 4.90 Å². The van der Waals surface area contributed by atoms with Crippen molar-refractivity contribution in [2.45, 2.75) is 6.42 Å². The van der Waals surface area contributed by atoms with Crippen LogP contribution in [0.15, 0.2) is 24.3 Å². The lowest BCUT2D eigenvalue weighted by atomic mass is 10.1. The molecule has 16 heavy (non-hydrogen) atoms. The van der Waals surface area contributed by atoms with Gasteiger partial charge in [0, 0.05) is 24.5 Å². The molecule has 0 spiro atoms. The van der Waals surface area contributed by atoms with E-state index in [1.807, 2.05) is 0 Å². The quantitative estimate of drug-likeness (QED) is 0.615. The van der Waals surface area contributed by atoms with E-state index in [4.69, 9.17) is 0 Å². The molecule has 0 unspecified atom stereocenters. The number of nitrogens with zero attached hydrogens (tertiary/aromatic N) is 1. The Kier molecular flexibility index (Phi) is 5.19. The van der Waals surface area contributed by atoms with Gasteiger partial charge in [-0.15, -0.1) is 0 Å². The SMILES string of the molecule is CN(CCCBr)C(=O)c1ccccc1C=O.